The Bertz CT molecular complexity index is 470. The number of aliphatic hydroxyl groups is 1. The van der Waals surface area contributed by atoms with Crippen LogP contribution in [0.1, 0.15) is 50.2 Å². The van der Waals surface area contributed by atoms with E-state index >= 15 is 0 Å². The van der Waals surface area contributed by atoms with E-state index in [1.807, 2.05) is 12.1 Å². The van der Waals surface area contributed by atoms with Gasteiger partial charge in [0, 0.05) is 12.0 Å². The lowest BCUT2D eigenvalue weighted by Gasteiger charge is -2.28. The van der Waals surface area contributed by atoms with E-state index in [-0.39, 0.29) is 6.61 Å². The van der Waals surface area contributed by atoms with Gasteiger partial charge < -0.3 is 9.84 Å². The normalized spacial score (nSPS) is 22.1. The minimum absolute atomic E-state index is 0.120. The molecule has 0 spiro atoms. The fourth-order valence-electron chi connectivity index (χ4n) is 2.69. The standard InChI is InChI=1S/C18H24O2/c1-15-7-2-3-11-18(15)20-14-17-10-6-9-16(13-17)8-4-5-12-19/h6,9-10,13,15,18-19H,2-3,5,7,11-12,14H2,1H3. The summed E-state index contributed by atoms with van der Waals surface area (Å²) in [7, 11) is 0. The van der Waals surface area contributed by atoms with Crippen LogP contribution in [0.4, 0.5) is 0 Å². The van der Waals surface area contributed by atoms with E-state index < -0.39 is 0 Å². The molecule has 0 radical (unpaired) electrons. The van der Waals surface area contributed by atoms with Crippen LogP contribution < -0.4 is 0 Å². The van der Waals surface area contributed by atoms with Gasteiger partial charge in [-0.15, -0.1) is 0 Å². The molecule has 1 aliphatic rings. The maximum Gasteiger partial charge on any atom is 0.0721 e. The molecule has 0 saturated heterocycles. The molecule has 1 aromatic carbocycles. The van der Waals surface area contributed by atoms with Crippen molar-refractivity contribution < 1.29 is 9.84 Å². The zero-order valence-electron chi connectivity index (χ0n) is 12.3. The minimum Gasteiger partial charge on any atom is -0.395 e. The van der Waals surface area contributed by atoms with Crippen molar-refractivity contribution in [1.82, 2.24) is 0 Å². The number of rotatable bonds is 4. The lowest BCUT2D eigenvalue weighted by atomic mass is 9.88. The maximum atomic E-state index is 8.73. The Labute approximate surface area is 122 Å². The van der Waals surface area contributed by atoms with Crippen molar-refractivity contribution in [3.8, 4) is 11.8 Å². The first-order chi connectivity index (χ1) is 9.79. The smallest absolute Gasteiger partial charge is 0.0721 e. The monoisotopic (exact) mass is 272 g/mol. The van der Waals surface area contributed by atoms with Crippen molar-refractivity contribution in [2.75, 3.05) is 6.61 Å². The second-order valence-corrected chi connectivity index (χ2v) is 5.59. The van der Waals surface area contributed by atoms with Crippen molar-refractivity contribution in [2.24, 2.45) is 5.92 Å². The average Bonchev–Trinajstić information content (AvgIpc) is 2.47. The van der Waals surface area contributed by atoms with Crippen LogP contribution >= 0.6 is 0 Å². The lowest BCUT2D eigenvalue weighted by Crippen LogP contribution is -2.25. The molecule has 2 unspecified atom stereocenters. The van der Waals surface area contributed by atoms with Crippen LogP contribution in [-0.2, 0) is 11.3 Å². The number of benzene rings is 1. The fraction of sp³-hybridized carbons (Fsp3) is 0.556. The highest BCUT2D eigenvalue weighted by Crippen LogP contribution is 2.27. The Morgan fingerprint density at radius 1 is 1.30 bits per heavy atom. The van der Waals surface area contributed by atoms with Crippen LogP contribution in [0, 0.1) is 17.8 Å². The molecule has 20 heavy (non-hydrogen) atoms. The van der Waals surface area contributed by atoms with Crippen molar-refractivity contribution in [2.45, 2.75) is 51.7 Å². The fourth-order valence-corrected chi connectivity index (χ4v) is 2.69. The summed E-state index contributed by atoms with van der Waals surface area (Å²) in [6.45, 7) is 3.08. The molecule has 0 aliphatic heterocycles. The van der Waals surface area contributed by atoms with Gasteiger partial charge >= 0.3 is 0 Å². The van der Waals surface area contributed by atoms with Crippen LogP contribution in [0.25, 0.3) is 0 Å². The van der Waals surface area contributed by atoms with E-state index in [2.05, 4.69) is 30.9 Å². The minimum atomic E-state index is 0.120. The molecule has 108 valence electrons. The molecule has 1 N–H and O–H groups in total. The van der Waals surface area contributed by atoms with E-state index in [1.54, 1.807) is 0 Å². The topological polar surface area (TPSA) is 29.5 Å². The quantitative estimate of drug-likeness (QED) is 0.850. The Morgan fingerprint density at radius 3 is 2.95 bits per heavy atom. The van der Waals surface area contributed by atoms with Gasteiger partial charge in [0.05, 0.1) is 19.3 Å². The third kappa shape index (κ3) is 4.67. The van der Waals surface area contributed by atoms with E-state index in [0.29, 0.717) is 25.0 Å². The Kier molecular flexibility index (Phi) is 6.11. The molecule has 1 aliphatic carbocycles. The second-order valence-electron chi connectivity index (χ2n) is 5.59. The molecule has 0 bridgehead atoms. The van der Waals surface area contributed by atoms with E-state index in [0.717, 1.165) is 5.56 Å². The molecule has 1 fully saturated rings. The van der Waals surface area contributed by atoms with Gasteiger partial charge in [-0.2, -0.15) is 0 Å². The summed E-state index contributed by atoms with van der Waals surface area (Å²) >= 11 is 0. The second kappa shape index (κ2) is 8.09. The summed E-state index contributed by atoms with van der Waals surface area (Å²) in [5.41, 5.74) is 2.18. The van der Waals surface area contributed by atoms with Gasteiger partial charge in [0.25, 0.3) is 0 Å². The molecule has 1 saturated carbocycles. The third-order valence-electron chi connectivity index (χ3n) is 3.89. The molecule has 0 amide bonds. The molecular formula is C18H24O2. The van der Waals surface area contributed by atoms with Crippen molar-refractivity contribution >= 4 is 0 Å². The highest BCUT2D eigenvalue weighted by molar-refractivity contribution is 5.36. The molecule has 2 rings (SSSR count). The highest BCUT2D eigenvalue weighted by atomic mass is 16.5. The first-order valence-corrected chi connectivity index (χ1v) is 7.60. The zero-order chi connectivity index (χ0) is 14.2. The Hall–Kier alpha value is -1.30. The molecule has 0 heterocycles. The number of hydrogen-bond donors (Lipinski definition) is 1. The van der Waals surface area contributed by atoms with Gasteiger partial charge in [0.1, 0.15) is 0 Å². The first kappa shape index (κ1) is 15.1. The molecule has 1 aromatic rings. The van der Waals surface area contributed by atoms with Gasteiger partial charge in [0.15, 0.2) is 0 Å². The summed E-state index contributed by atoms with van der Waals surface area (Å²) in [5.74, 6) is 6.69. The molecule has 2 heteroatoms. The van der Waals surface area contributed by atoms with Crippen LogP contribution in [0.5, 0.6) is 0 Å². The predicted molar refractivity (Wildman–Crippen MR) is 81.2 cm³/mol. The summed E-state index contributed by atoms with van der Waals surface area (Å²) < 4.78 is 6.07. The Morgan fingerprint density at radius 2 is 2.15 bits per heavy atom. The van der Waals surface area contributed by atoms with Crippen molar-refractivity contribution in [1.29, 1.82) is 0 Å². The summed E-state index contributed by atoms with van der Waals surface area (Å²) in [5, 5.41) is 8.73. The molecule has 2 atom stereocenters. The van der Waals surface area contributed by atoms with Gasteiger partial charge in [-0.25, -0.2) is 0 Å². The lowest BCUT2D eigenvalue weighted by molar-refractivity contribution is -0.0154. The maximum absolute atomic E-state index is 8.73. The Balaban J connectivity index is 1.89. The summed E-state index contributed by atoms with van der Waals surface area (Å²) in [4.78, 5) is 0. The average molecular weight is 272 g/mol. The highest BCUT2D eigenvalue weighted by Gasteiger charge is 2.21. The summed E-state index contributed by atoms with van der Waals surface area (Å²) in [6.07, 6.45) is 6.06. The SMILES string of the molecule is CC1CCCCC1OCc1cccc(C#CCCO)c1. The van der Waals surface area contributed by atoms with Crippen molar-refractivity contribution in [3.63, 3.8) is 0 Å². The number of hydrogen-bond acceptors (Lipinski definition) is 2. The predicted octanol–water partition coefficient (Wildman–Crippen LogP) is 3.52. The third-order valence-corrected chi connectivity index (χ3v) is 3.89. The van der Waals surface area contributed by atoms with E-state index in [9.17, 15) is 0 Å². The van der Waals surface area contributed by atoms with Crippen molar-refractivity contribution in [3.05, 3.63) is 35.4 Å². The zero-order valence-corrected chi connectivity index (χ0v) is 12.3. The van der Waals surface area contributed by atoms with Gasteiger partial charge in [-0.1, -0.05) is 43.7 Å². The molecule has 0 aromatic heterocycles. The first-order valence-electron chi connectivity index (χ1n) is 7.60. The van der Waals surface area contributed by atoms with Crippen LogP contribution in [0.15, 0.2) is 24.3 Å². The molecular weight excluding hydrogens is 248 g/mol. The number of aliphatic hydroxyl groups excluding tert-OH is 1. The van der Waals surface area contributed by atoms with E-state index in [4.69, 9.17) is 9.84 Å². The van der Waals surface area contributed by atoms with Gasteiger partial charge in [-0.3, -0.25) is 0 Å². The molecule has 2 nitrogen and oxygen atoms in total. The van der Waals surface area contributed by atoms with Gasteiger partial charge in [-0.05, 0) is 36.5 Å². The van der Waals surface area contributed by atoms with Crippen LogP contribution in [0.3, 0.4) is 0 Å². The van der Waals surface area contributed by atoms with Gasteiger partial charge in [0.2, 0.25) is 0 Å². The summed E-state index contributed by atoms with van der Waals surface area (Å²) in [6, 6.07) is 8.19. The number of ether oxygens (including phenoxy) is 1. The van der Waals surface area contributed by atoms with E-state index in [1.165, 1.54) is 31.2 Å². The van der Waals surface area contributed by atoms with Crippen LogP contribution in [0.2, 0.25) is 0 Å². The van der Waals surface area contributed by atoms with Crippen LogP contribution in [-0.4, -0.2) is 17.8 Å². The largest absolute Gasteiger partial charge is 0.395 e.